The van der Waals surface area contributed by atoms with Crippen LogP contribution in [0.5, 0.6) is 0 Å². The third kappa shape index (κ3) is 24.0. The van der Waals surface area contributed by atoms with Crippen molar-refractivity contribution in [3.8, 4) is 0 Å². The van der Waals surface area contributed by atoms with Crippen LogP contribution >= 0.6 is 0 Å². The lowest BCUT2D eigenvalue weighted by Crippen LogP contribution is -2.74. The van der Waals surface area contributed by atoms with Gasteiger partial charge < -0.3 is 26.2 Å². The van der Waals surface area contributed by atoms with Gasteiger partial charge in [0, 0.05) is 19.3 Å². The number of halogens is 1. The van der Waals surface area contributed by atoms with Crippen molar-refractivity contribution >= 4 is 0 Å². The van der Waals surface area contributed by atoms with Crippen LogP contribution in [0.4, 0.5) is 0 Å². The number of hydrogen-bond donors (Lipinski definition) is 5. The first kappa shape index (κ1) is 30.1. The fourth-order valence-corrected chi connectivity index (χ4v) is 3.23. The molecule has 172 valence electrons. The molecule has 0 heterocycles. The second-order valence-electron chi connectivity index (χ2n) is 7.54. The molecule has 2 atom stereocenters. The first-order valence-corrected chi connectivity index (χ1v) is 11.3. The summed E-state index contributed by atoms with van der Waals surface area (Å²) >= 11 is 0. The van der Waals surface area contributed by atoms with E-state index in [1.807, 2.05) is 0 Å². The largest absolute Gasteiger partial charge is 0.394 e. The maximum Gasteiger partial charge on any atom is 0.0997 e. The van der Waals surface area contributed by atoms with E-state index < -0.39 is 28.0 Å². The van der Waals surface area contributed by atoms with E-state index in [0.717, 1.165) is 19.3 Å². The molecule has 0 rings (SSSR count). The van der Waals surface area contributed by atoms with Crippen LogP contribution in [-0.4, -0.2) is 51.4 Å². The third-order valence-electron chi connectivity index (χ3n) is 4.57. The Kier molecular flexibility index (Phi) is 19.1. The average molecular weight is 434 g/mol. The second-order valence-corrected chi connectivity index (χ2v) is 8.29. The molecule has 10 heteroatoms. The SMILES string of the molecule is CCCCCCCCCCCC([NH3+])(CC(O)CO)CC(O)CO.[O-][Cl+3]([O-])([O-])[O-]. The molecule has 0 amide bonds. The van der Waals surface area contributed by atoms with E-state index >= 15 is 0 Å². The number of aliphatic hydroxyl groups excluding tert-OH is 4. The molecule has 0 aliphatic rings. The Morgan fingerprint density at radius 1 is 0.750 bits per heavy atom. The van der Waals surface area contributed by atoms with E-state index in [4.69, 9.17) is 28.8 Å². The topological polar surface area (TPSA) is 201 Å². The summed E-state index contributed by atoms with van der Waals surface area (Å²) in [6.45, 7) is 1.65. The van der Waals surface area contributed by atoms with Gasteiger partial charge in [-0.2, -0.15) is 0 Å². The Labute approximate surface area is 170 Å². The lowest BCUT2D eigenvalue weighted by atomic mass is 9.82. The van der Waals surface area contributed by atoms with Crippen molar-refractivity contribution in [1.82, 2.24) is 0 Å². The first-order valence-electron chi connectivity index (χ1n) is 10.0. The highest BCUT2D eigenvalue weighted by Gasteiger charge is 2.33. The first-order chi connectivity index (χ1) is 13.0. The molecule has 0 aliphatic carbocycles. The van der Waals surface area contributed by atoms with Crippen molar-refractivity contribution in [2.75, 3.05) is 13.2 Å². The molecule has 2 unspecified atom stereocenters. The minimum absolute atomic E-state index is 0.287. The predicted octanol–water partition coefficient (Wildman–Crippen LogP) is -3.38. The highest BCUT2D eigenvalue weighted by atomic mass is 35.7. The molecule has 0 radical (unpaired) electrons. The third-order valence-corrected chi connectivity index (χ3v) is 4.57. The molecule has 0 spiro atoms. The maximum atomic E-state index is 9.69. The lowest BCUT2D eigenvalue weighted by Gasteiger charge is -2.29. The molecule has 28 heavy (non-hydrogen) atoms. The molecule has 0 aliphatic heterocycles. The van der Waals surface area contributed by atoms with E-state index in [9.17, 15) is 10.2 Å². The number of aliphatic hydroxyl groups is 4. The van der Waals surface area contributed by atoms with Crippen LogP contribution in [0.25, 0.3) is 0 Å². The zero-order valence-corrected chi connectivity index (χ0v) is 17.8. The zero-order valence-electron chi connectivity index (χ0n) is 17.1. The van der Waals surface area contributed by atoms with Gasteiger partial charge in [0.25, 0.3) is 0 Å². The Morgan fingerprint density at radius 2 is 1.07 bits per heavy atom. The van der Waals surface area contributed by atoms with Crippen LogP contribution in [0, 0.1) is 10.2 Å². The van der Waals surface area contributed by atoms with Crippen LogP contribution in [0.1, 0.15) is 84.0 Å². The number of hydrogen-bond acceptors (Lipinski definition) is 8. The molecule has 0 saturated heterocycles. The van der Waals surface area contributed by atoms with Crippen LogP contribution in [0.15, 0.2) is 0 Å². The Morgan fingerprint density at radius 3 is 1.39 bits per heavy atom. The summed E-state index contributed by atoms with van der Waals surface area (Å²) in [4.78, 5) is 0. The molecule has 0 aromatic rings. The van der Waals surface area contributed by atoms with Crippen molar-refractivity contribution in [2.24, 2.45) is 0 Å². The van der Waals surface area contributed by atoms with Gasteiger partial charge in [-0.25, -0.2) is 18.6 Å². The van der Waals surface area contributed by atoms with Crippen molar-refractivity contribution in [1.29, 1.82) is 0 Å². The molecule has 0 aromatic heterocycles. The van der Waals surface area contributed by atoms with E-state index in [1.54, 1.807) is 0 Å². The van der Waals surface area contributed by atoms with Crippen LogP contribution < -0.4 is 24.4 Å². The molecular weight excluding hydrogens is 394 g/mol. The molecule has 0 aromatic carbocycles. The van der Waals surface area contributed by atoms with Gasteiger partial charge in [-0.1, -0.05) is 58.3 Å². The molecule has 0 bridgehead atoms. The smallest absolute Gasteiger partial charge is 0.0997 e. The fraction of sp³-hybridized carbons (Fsp3) is 1.00. The molecule has 7 N–H and O–H groups in total. The van der Waals surface area contributed by atoms with Gasteiger partial charge in [0.15, 0.2) is 0 Å². The van der Waals surface area contributed by atoms with E-state index in [2.05, 4.69) is 12.7 Å². The maximum absolute atomic E-state index is 9.69. The summed E-state index contributed by atoms with van der Waals surface area (Å²) in [6, 6.07) is 0. The monoisotopic (exact) mass is 433 g/mol. The van der Waals surface area contributed by atoms with E-state index in [-0.39, 0.29) is 13.2 Å². The zero-order chi connectivity index (χ0) is 22.1. The van der Waals surface area contributed by atoms with Crippen LogP contribution in [0.2, 0.25) is 0 Å². The average Bonchev–Trinajstić information content (AvgIpc) is 2.58. The summed E-state index contributed by atoms with van der Waals surface area (Å²) in [7, 11) is -4.94. The van der Waals surface area contributed by atoms with Gasteiger partial charge in [0.1, 0.15) is 0 Å². The quantitative estimate of drug-likeness (QED) is 0.155. The van der Waals surface area contributed by atoms with Crippen molar-refractivity contribution < 1.29 is 55.0 Å². The normalized spacial score (nSPS) is 16.1. The Hall–Kier alpha value is -0.0700. The van der Waals surface area contributed by atoms with Gasteiger partial charge in [-0.05, 0) is 6.42 Å². The minimum atomic E-state index is -4.94. The summed E-state index contributed by atoms with van der Waals surface area (Å²) in [5.74, 6) is 0. The summed E-state index contributed by atoms with van der Waals surface area (Å²) < 4.78 is 34.0. The predicted molar refractivity (Wildman–Crippen MR) is 92.9 cm³/mol. The van der Waals surface area contributed by atoms with Crippen LogP contribution in [-0.2, 0) is 0 Å². The Bertz CT molecular complexity index is 326. The minimum Gasteiger partial charge on any atom is -0.394 e. The van der Waals surface area contributed by atoms with Gasteiger partial charge in [-0.3, -0.25) is 0 Å². The molecule has 0 saturated carbocycles. The van der Waals surface area contributed by atoms with Gasteiger partial charge in [0.2, 0.25) is 0 Å². The fourth-order valence-electron chi connectivity index (χ4n) is 3.23. The van der Waals surface area contributed by atoms with E-state index in [1.165, 1.54) is 44.9 Å². The summed E-state index contributed by atoms with van der Waals surface area (Å²) in [5.41, 5.74) is 3.69. The molecule has 0 fully saturated rings. The number of quaternary nitrogens is 1. The summed E-state index contributed by atoms with van der Waals surface area (Å²) in [6.07, 6.45) is 11.1. The molecule has 9 nitrogen and oxygen atoms in total. The highest BCUT2D eigenvalue weighted by Crippen LogP contribution is 2.23. The summed E-state index contributed by atoms with van der Waals surface area (Å²) in [5, 5.41) is 37.4. The Balaban J connectivity index is 0. The van der Waals surface area contributed by atoms with Crippen molar-refractivity contribution in [3.63, 3.8) is 0 Å². The van der Waals surface area contributed by atoms with Crippen LogP contribution in [0.3, 0.4) is 0 Å². The van der Waals surface area contributed by atoms with E-state index in [0.29, 0.717) is 12.8 Å². The molecular formula is C18H40ClNO8. The number of unbranched alkanes of at least 4 members (excludes halogenated alkanes) is 8. The van der Waals surface area contributed by atoms with Crippen molar-refractivity contribution in [2.45, 2.75) is 102 Å². The lowest BCUT2D eigenvalue weighted by molar-refractivity contribution is -2.00. The van der Waals surface area contributed by atoms with Gasteiger partial charge in [-0.15, -0.1) is 10.2 Å². The van der Waals surface area contributed by atoms with Gasteiger partial charge >= 0.3 is 0 Å². The van der Waals surface area contributed by atoms with Crippen molar-refractivity contribution in [3.05, 3.63) is 0 Å². The number of rotatable bonds is 16. The second kappa shape index (κ2) is 17.8. The standard InChI is InChI=1S/C18H39NO4.ClHO4/c1-2-3-4-5-6-7-8-9-10-11-18(19,12-16(22)14-20)13-17(23)15-21;2-1(3,4)5/h16-17,20-23H,2-15,19H2,1H3;(H,2,3,4,5). The van der Waals surface area contributed by atoms with Gasteiger partial charge in [0.05, 0.1) is 31.0 Å². The highest BCUT2D eigenvalue weighted by molar-refractivity contribution is 4.82.